The molecule has 13 heavy (non-hydrogen) atoms. The Kier molecular flexibility index (Phi) is 5.40. The van der Waals surface area contributed by atoms with Crippen LogP contribution in [0, 0.1) is 27.7 Å². The van der Waals surface area contributed by atoms with Gasteiger partial charge in [-0.2, -0.15) is 0 Å². The average molecular weight is 179 g/mol. The molecule has 0 atom stereocenters. The van der Waals surface area contributed by atoms with Crippen LogP contribution < -0.4 is 5.32 Å². The van der Waals surface area contributed by atoms with Gasteiger partial charge in [0.2, 0.25) is 0 Å². The Hall–Kier alpha value is -0.820. The van der Waals surface area contributed by atoms with Crippen molar-refractivity contribution in [3.63, 3.8) is 0 Å². The Balaban J connectivity index is 0.000000424. The molecule has 0 saturated carbocycles. The van der Waals surface area contributed by atoms with Gasteiger partial charge in [-0.1, -0.05) is 12.1 Å². The maximum atomic E-state index is 2.75. The molecule has 0 aliphatic rings. The highest BCUT2D eigenvalue weighted by Crippen LogP contribution is 2.15. The fourth-order valence-corrected chi connectivity index (χ4v) is 1.09. The molecule has 0 aliphatic heterocycles. The molecule has 1 N–H and O–H groups in total. The Labute approximate surface area is 82.2 Å². The van der Waals surface area contributed by atoms with Gasteiger partial charge in [-0.3, -0.25) is 0 Å². The monoisotopic (exact) mass is 179 g/mol. The van der Waals surface area contributed by atoms with Gasteiger partial charge in [0.15, 0.2) is 0 Å². The van der Waals surface area contributed by atoms with Gasteiger partial charge in [0.05, 0.1) is 0 Å². The molecule has 1 rings (SSSR count). The quantitative estimate of drug-likeness (QED) is 0.645. The van der Waals surface area contributed by atoms with E-state index in [1.165, 1.54) is 22.3 Å². The molecule has 1 aromatic carbocycles. The minimum Gasteiger partial charge on any atom is -0.323 e. The molecule has 0 aliphatic carbocycles. The second-order valence-corrected chi connectivity index (χ2v) is 3.45. The van der Waals surface area contributed by atoms with Gasteiger partial charge in [0.1, 0.15) is 0 Å². The summed E-state index contributed by atoms with van der Waals surface area (Å²) < 4.78 is 0. The largest absolute Gasteiger partial charge is 0.323 e. The lowest BCUT2D eigenvalue weighted by Crippen LogP contribution is -1.89. The Morgan fingerprint density at radius 2 is 1.00 bits per heavy atom. The van der Waals surface area contributed by atoms with Gasteiger partial charge < -0.3 is 5.32 Å². The third-order valence-corrected chi connectivity index (χ3v) is 2.33. The van der Waals surface area contributed by atoms with Crippen molar-refractivity contribution in [1.29, 1.82) is 0 Å². The molecule has 1 aromatic rings. The number of rotatable bonds is 0. The van der Waals surface area contributed by atoms with Gasteiger partial charge in [-0.25, -0.2) is 0 Å². The fraction of sp³-hybridized carbons (Fsp3) is 0.500. The number of benzene rings is 1. The molecular formula is C12H21N. The van der Waals surface area contributed by atoms with Gasteiger partial charge in [-0.05, 0) is 64.0 Å². The molecule has 0 spiro atoms. The predicted octanol–water partition coefficient (Wildman–Crippen LogP) is 2.76. The molecular weight excluding hydrogens is 158 g/mol. The lowest BCUT2D eigenvalue weighted by Gasteiger charge is -2.06. The standard InChI is InChI=1S/C10H14.C2H7N/c1-7-5-6-8(2)10(4)9(7)3;1-3-2/h5-6H,1-4H3;3H,1-2H3. The van der Waals surface area contributed by atoms with Crippen molar-refractivity contribution in [2.75, 3.05) is 14.1 Å². The van der Waals surface area contributed by atoms with E-state index in [1.807, 2.05) is 14.1 Å². The zero-order chi connectivity index (χ0) is 10.4. The van der Waals surface area contributed by atoms with Gasteiger partial charge in [0, 0.05) is 0 Å². The van der Waals surface area contributed by atoms with Crippen molar-refractivity contribution in [2.45, 2.75) is 27.7 Å². The van der Waals surface area contributed by atoms with Crippen molar-refractivity contribution in [3.05, 3.63) is 34.4 Å². The van der Waals surface area contributed by atoms with Crippen LogP contribution in [-0.4, -0.2) is 14.1 Å². The molecule has 0 amide bonds. The third-order valence-electron chi connectivity index (χ3n) is 2.33. The van der Waals surface area contributed by atoms with Crippen LogP contribution in [0.4, 0.5) is 0 Å². The Morgan fingerprint density at radius 1 is 0.769 bits per heavy atom. The molecule has 1 nitrogen and oxygen atoms in total. The highest BCUT2D eigenvalue weighted by atomic mass is 14.7. The number of hydrogen-bond donors (Lipinski definition) is 1. The second kappa shape index (κ2) is 5.76. The first kappa shape index (κ1) is 12.2. The van der Waals surface area contributed by atoms with Crippen LogP contribution >= 0.6 is 0 Å². The molecule has 0 heterocycles. The SMILES string of the molecule is CNC.Cc1ccc(C)c(C)c1C. The number of hydrogen-bond acceptors (Lipinski definition) is 1. The topological polar surface area (TPSA) is 12.0 Å². The molecule has 0 saturated heterocycles. The minimum absolute atomic E-state index is 1.39. The minimum atomic E-state index is 1.39. The van der Waals surface area contributed by atoms with Crippen molar-refractivity contribution >= 4 is 0 Å². The summed E-state index contributed by atoms with van der Waals surface area (Å²) in [5.41, 5.74) is 5.64. The Bertz CT molecular complexity index is 237. The van der Waals surface area contributed by atoms with Crippen molar-refractivity contribution in [1.82, 2.24) is 5.32 Å². The summed E-state index contributed by atoms with van der Waals surface area (Å²) in [7, 11) is 3.75. The van der Waals surface area contributed by atoms with Crippen molar-refractivity contribution < 1.29 is 0 Å². The van der Waals surface area contributed by atoms with Crippen LogP contribution in [0.1, 0.15) is 22.3 Å². The van der Waals surface area contributed by atoms with E-state index in [0.717, 1.165) is 0 Å². The molecule has 0 bridgehead atoms. The third kappa shape index (κ3) is 3.60. The van der Waals surface area contributed by atoms with Crippen molar-refractivity contribution in [3.8, 4) is 0 Å². The van der Waals surface area contributed by atoms with E-state index < -0.39 is 0 Å². The number of aryl methyl sites for hydroxylation is 2. The summed E-state index contributed by atoms with van der Waals surface area (Å²) in [4.78, 5) is 0. The summed E-state index contributed by atoms with van der Waals surface area (Å²) in [6, 6.07) is 4.36. The van der Waals surface area contributed by atoms with Crippen LogP contribution in [0.3, 0.4) is 0 Å². The highest BCUT2D eigenvalue weighted by Gasteiger charge is 1.97. The van der Waals surface area contributed by atoms with Crippen molar-refractivity contribution in [2.24, 2.45) is 0 Å². The molecule has 0 unspecified atom stereocenters. The summed E-state index contributed by atoms with van der Waals surface area (Å²) >= 11 is 0. The van der Waals surface area contributed by atoms with E-state index in [0.29, 0.717) is 0 Å². The summed E-state index contributed by atoms with van der Waals surface area (Å²) in [5, 5.41) is 2.75. The first-order valence-electron chi connectivity index (χ1n) is 4.66. The zero-order valence-electron chi connectivity index (χ0n) is 9.65. The number of nitrogens with one attached hydrogen (secondary N) is 1. The van der Waals surface area contributed by atoms with Gasteiger partial charge in [0.25, 0.3) is 0 Å². The van der Waals surface area contributed by atoms with E-state index in [1.54, 1.807) is 0 Å². The van der Waals surface area contributed by atoms with Gasteiger partial charge >= 0.3 is 0 Å². The fourth-order valence-electron chi connectivity index (χ4n) is 1.09. The van der Waals surface area contributed by atoms with Crippen LogP contribution in [0.15, 0.2) is 12.1 Å². The van der Waals surface area contributed by atoms with Gasteiger partial charge in [-0.15, -0.1) is 0 Å². The maximum absolute atomic E-state index is 2.75. The second-order valence-electron chi connectivity index (χ2n) is 3.45. The first-order valence-corrected chi connectivity index (χ1v) is 4.66. The normalized spacial score (nSPS) is 9.08. The summed E-state index contributed by atoms with van der Waals surface area (Å²) in [6.07, 6.45) is 0. The van der Waals surface area contributed by atoms with E-state index in [-0.39, 0.29) is 0 Å². The van der Waals surface area contributed by atoms with Crippen LogP contribution in [-0.2, 0) is 0 Å². The lowest BCUT2D eigenvalue weighted by molar-refractivity contribution is 1.02. The smallest absolute Gasteiger partial charge is 0.0167 e. The molecule has 0 radical (unpaired) electrons. The van der Waals surface area contributed by atoms with E-state index in [4.69, 9.17) is 0 Å². The van der Waals surface area contributed by atoms with Crippen LogP contribution in [0.2, 0.25) is 0 Å². The van der Waals surface area contributed by atoms with E-state index in [2.05, 4.69) is 45.1 Å². The zero-order valence-corrected chi connectivity index (χ0v) is 9.65. The summed E-state index contributed by atoms with van der Waals surface area (Å²) in [5.74, 6) is 0. The lowest BCUT2D eigenvalue weighted by atomic mass is 10.0. The van der Waals surface area contributed by atoms with Crippen LogP contribution in [0.5, 0.6) is 0 Å². The van der Waals surface area contributed by atoms with E-state index >= 15 is 0 Å². The maximum Gasteiger partial charge on any atom is -0.0167 e. The highest BCUT2D eigenvalue weighted by molar-refractivity contribution is 5.37. The molecule has 1 heteroatoms. The summed E-state index contributed by atoms with van der Waals surface area (Å²) in [6.45, 7) is 8.67. The first-order chi connectivity index (χ1) is 6.04. The molecule has 0 fully saturated rings. The average Bonchev–Trinajstić information content (AvgIpc) is 2.10. The van der Waals surface area contributed by atoms with E-state index in [9.17, 15) is 0 Å². The molecule has 0 aromatic heterocycles. The predicted molar refractivity (Wildman–Crippen MR) is 60.4 cm³/mol. The van der Waals surface area contributed by atoms with Crippen LogP contribution in [0.25, 0.3) is 0 Å². The Morgan fingerprint density at radius 3 is 1.23 bits per heavy atom. The molecule has 74 valence electrons.